The largest absolute Gasteiger partial charge is 0.493 e. The SMILES string of the molecule is COc1cc(/C=C2/SC(=O)N(c3cccc(Cl)c3)C2=O)ccc1OC(F)F. The Morgan fingerprint density at radius 1 is 1.15 bits per heavy atom. The van der Waals surface area contributed by atoms with Crippen molar-refractivity contribution in [1.29, 1.82) is 0 Å². The summed E-state index contributed by atoms with van der Waals surface area (Å²) in [5.74, 6) is -0.547. The van der Waals surface area contributed by atoms with Crippen molar-refractivity contribution in [3.05, 3.63) is 58.0 Å². The Bertz CT molecular complexity index is 935. The van der Waals surface area contributed by atoms with Crippen LogP contribution in [0.1, 0.15) is 5.56 Å². The fourth-order valence-corrected chi connectivity index (χ4v) is 3.45. The maximum Gasteiger partial charge on any atom is 0.387 e. The number of carbonyl (C=O) groups is 2. The van der Waals surface area contributed by atoms with Crippen LogP contribution in [-0.4, -0.2) is 24.9 Å². The monoisotopic (exact) mass is 411 g/mol. The fourth-order valence-electron chi connectivity index (χ4n) is 2.42. The van der Waals surface area contributed by atoms with Crippen LogP contribution in [-0.2, 0) is 4.79 Å². The molecule has 140 valence electrons. The number of thioether (sulfide) groups is 1. The van der Waals surface area contributed by atoms with E-state index in [-0.39, 0.29) is 16.4 Å². The van der Waals surface area contributed by atoms with E-state index in [1.807, 2.05) is 0 Å². The van der Waals surface area contributed by atoms with Gasteiger partial charge < -0.3 is 9.47 Å². The maximum absolute atomic E-state index is 12.6. The van der Waals surface area contributed by atoms with E-state index in [0.717, 1.165) is 16.7 Å². The maximum atomic E-state index is 12.6. The van der Waals surface area contributed by atoms with Crippen LogP contribution in [0, 0.1) is 0 Å². The minimum atomic E-state index is -2.99. The molecule has 0 unspecified atom stereocenters. The number of benzene rings is 2. The van der Waals surface area contributed by atoms with Gasteiger partial charge in [-0.25, -0.2) is 4.90 Å². The highest BCUT2D eigenvalue weighted by Gasteiger charge is 2.36. The van der Waals surface area contributed by atoms with Crippen LogP contribution in [0.2, 0.25) is 5.02 Å². The molecule has 1 heterocycles. The summed E-state index contributed by atoms with van der Waals surface area (Å²) in [5.41, 5.74) is 0.858. The lowest BCUT2D eigenvalue weighted by Gasteiger charge is -2.12. The van der Waals surface area contributed by atoms with Gasteiger partial charge in [0.15, 0.2) is 11.5 Å². The van der Waals surface area contributed by atoms with E-state index in [2.05, 4.69) is 4.74 Å². The van der Waals surface area contributed by atoms with Crippen molar-refractivity contribution in [2.24, 2.45) is 0 Å². The topological polar surface area (TPSA) is 55.8 Å². The van der Waals surface area contributed by atoms with Crippen LogP contribution in [0.4, 0.5) is 19.3 Å². The van der Waals surface area contributed by atoms with E-state index in [1.54, 1.807) is 18.2 Å². The van der Waals surface area contributed by atoms with E-state index in [9.17, 15) is 18.4 Å². The second-order valence-corrected chi connectivity index (χ2v) is 6.72. The smallest absolute Gasteiger partial charge is 0.387 e. The van der Waals surface area contributed by atoms with Crippen LogP contribution < -0.4 is 14.4 Å². The standard InChI is InChI=1S/C18H12ClF2NO4S/c1-25-14-7-10(5-6-13(14)26-17(20)21)8-15-16(23)22(18(24)27-15)12-4-2-3-11(19)9-12/h2-9,17H,1H3/b15-8+. The number of amides is 2. The molecule has 3 rings (SSSR count). The number of halogens is 3. The molecule has 0 atom stereocenters. The minimum Gasteiger partial charge on any atom is -0.493 e. The average molecular weight is 412 g/mol. The lowest BCUT2D eigenvalue weighted by atomic mass is 10.2. The van der Waals surface area contributed by atoms with E-state index >= 15 is 0 Å². The summed E-state index contributed by atoms with van der Waals surface area (Å²) >= 11 is 6.69. The fraction of sp³-hybridized carbons (Fsp3) is 0.111. The van der Waals surface area contributed by atoms with Crippen molar-refractivity contribution >= 4 is 46.3 Å². The molecule has 2 aromatic rings. The number of alkyl halides is 2. The molecule has 27 heavy (non-hydrogen) atoms. The summed E-state index contributed by atoms with van der Waals surface area (Å²) in [4.78, 5) is 26.1. The molecule has 0 N–H and O–H groups in total. The van der Waals surface area contributed by atoms with Gasteiger partial charge in [-0.05, 0) is 53.7 Å². The van der Waals surface area contributed by atoms with Crippen LogP contribution in [0.15, 0.2) is 47.4 Å². The molecule has 9 heteroatoms. The van der Waals surface area contributed by atoms with E-state index in [4.69, 9.17) is 16.3 Å². The molecule has 0 saturated carbocycles. The Kier molecular flexibility index (Phi) is 5.67. The Morgan fingerprint density at radius 2 is 1.93 bits per heavy atom. The quantitative estimate of drug-likeness (QED) is 0.634. The number of hydrogen-bond acceptors (Lipinski definition) is 5. The Balaban J connectivity index is 1.89. The molecular formula is C18H12ClF2NO4S. The van der Waals surface area contributed by atoms with E-state index in [1.165, 1.54) is 37.5 Å². The Labute approximate surface area is 162 Å². The van der Waals surface area contributed by atoms with Crippen molar-refractivity contribution in [2.75, 3.05) is 12.0 Å². The molecule has 1 aliphatic heterocycles. The minimum absolute atomic E-state index is 0.0816. The highest BCUT2D eigenvalue weighted by molar-refractivity contribution is 8.19. The van der Waals surface area contributed by atoms with Crippen molar-refractivity contribution in [2.45, 2.75) is 6.61 Å². The number of anilines is 1. The van der Waals surface area contributed by atoms with Gasteiger partial charge in [0.1, 0.15) is 0 Å². The van der Waals surface area contributed by atoms with Crippen molar-refractivity contribution < 1.29 is 27.8 Å². The van der Waals surface area contributed by atoms with Crippen molar-refractivity contribution in [3.63, 3.8) is 0 Å². The van der Waals surface area contributed by atoms with Crippen LogP contribution in [0.5, 0.6) is 11.5 Å². The highest BCUT2D eigenvalue weighted by atomic mass is 35.5. The van der Waals surface area contributed by atoms with Crippen LogP contribution in [0.3, 0.4) is 0 Å². The molecule has 0 aliphatic carbocycles. The predicted octanol–water partition coefficient (Wildman–Crippen LogP) is 5.19. The Morgan fingerprint density at radius 3 is 2.59 bits per heavy atom. The predicted molar refractivity (Wildman–Crippen MR) is 99.5 cm³/mol. The van der Waals surface area contributed by atoms with Gasteiger partial charge in [0, 0.05) is 5.02 Å². The summed E-state index contributed by atoms with van der Waals surface area (Å²) in [6, 6.07) is 10.6. The average Bonchev–Trinajstić information content (AvgIpc) is 2.89. The number of nitrogens with zero attached hydrogens (tertiary/aromatic N) is 1. The third kappa shape index (κ3) is 4.23. The second kappa shape index (κ2) is 7.98. The zero-order valence-electron chi connectivity index (χ0n) is 13.8. The lowest BCUT2D eigenvalue weighted by Crippen LogP contribution is -2.27. The summed E-state index contributed by atoms with van der Waals surface area (Å²) in [6.45, 7) is -2.99. The van der Waals surface area contributed by atoms with Gasteiger partial charge in [-0.2, -0.15) is 8.78 Å². The Hall–Kier alpha value is -2.58. The number of rotatable bonds is 5. The zero-order chi connectivity index (χ0) is 19.6. The van der Waals surface area contributed by atoms with Crippen LogP contribution >= 0.6 is 23.4 Å². The second-order valence-electron chi connectivity index (χ2n) is 5.29. The van der Waals surface area contributed by atoms with E-state index < -0.39 is 17.8 Å². The lowest BCUT2D eigenvalue weighted by molar-refractivity contribution is -0.113. The number of ether oxygens (including phenoxy) is 2. The summed E-state index contributed by atoms with van der Waals surface area (Å²) in [5, 5.41) is -0.0620. The van der Waals surface area contributed by atoms with Gasteiger partial charge in [0.05, 0.1) is 17.7 Å². The highest BCUT2D eigenvalue weighted by Crippen LogP contribution is 2.37. The first-order valence-electron chi connectivity index (χ1n) is 7.55. The molecule has 5 nitrogen and oxygen atoms in total. The molecule has 2 amide bonds. The molecule has 1 aliphatic rings. The first-order chi connectivity index (χ1) is 12.9. The van der Waals surface area contributed by atoms with Gasteiger partial charge in [0.25, 0.3) is 11.1 Å². The molecule has 0 bridgehead atoms. The zero-order valence-corrected chi connectivity index (χ0v) is 15.4. The summed E-state index contributed by atoms with van der Waals surface area (Å²) in [7, 11) is 1.31. The van der Waals surface area contributed by atoms with Gasteiger partial charge in [-0.3, -0.25) is 9.59 Å². The molecule has 1 fully saturated rings. The number of hydrogen-bond donors (Lipinski definition) is 0. The van der Waals surface area contributed by atoms with Crippen molar-refractivity contribution in [3.8, 4) is 11.5 Å². The third-order valence-corrected chi connectivity index (χ3v) is 4.67. The van der Waals surface area contributed by atoms with E-state index in [0.29, 0.717) is 16.3 Å². The summed E-state index contributed by atoms with van der Waals surface area (Å²) in [6.07, 6.45) is 1.48. The van der Waals surface area contributed by atoms with Gasteiger partial charge >= 0.3 is 6.61 Å². The van der Waals surface area contributed by atoms with Crippen molar-refractivity contribution in [1.82, 2.24) is 0 Å². The first kappa shape index (κ1) is 19.2. The molecule has 0 aromatic heterocycles. The molecule has 1 saturated heterocycles. The van der Waals surface area contributed by atoms with Gasteiger partial charge in [-0.1, -0.05) is 23.7 Å². The molecular weight excluding hydrogens is 400 g/mol. The van der Waals surface area contributed by atoms with Crippen LogP contribution in [0.25, 0.3) is 6.08 Å². The third-order valence-electron chi connectivity index (χ3n) is 3.56. The molecule has 0 spiro atoms. The molecule has 0 radical (unpaired) electrons. The first-order valence-corrected chi connectivity index (χ1v) is 8.75. The number of carbonyl (C=O) groups excluding carboxylic acids is 2. The summed E-state index contributed by atoms with van der Waals surface area (Å²) < 4.78 is 34.2. The van der Waals surface area contributed by atoms with Gasteiger partial charge in [0.2, 0.25) is 0 Å². The molecule has 2 aromatic carbocycles. The van der Waals surface area contributed by atoms with Gasteiger partial charge in [-0.15, -0.1) is 0 Å². The number of methoxy groups -OCH3 is 1. The normalized spacial score (nSPS) is 15.7. The number of imide groups is 1.